The van der Waals surface area contributed by atoms with Gasteiger partial charge in [0.15, 0.2) is 11.5 Å². The summed E-state index contributed by atoms with van der Waals surface area (Å²) in [6.45, 7) is 4.93. The Labute approximate surface area is 165 Å². The third-order valence-electron chi connectivity index (χ3n) is 5.45. The van der Waals surface area contributed by atoms with Crippen molar-refractivity contribution in [2.24, 2.45) is 5.73 Å². The van der Waals surface area contributed by atoms with Crippen molar-refractivity contribution >= 4 is 11.8 Å². The van der Waals surface area contributed by atoms with Gasteiger partial charge < -0.3 is 24.7 Å². The number of benzene rings is 1. The predicted molar refractivity (Wildman–Crippen MR) is 105 cm³/mol. The molecule has 7 heteroatoms. The van der Waals surface area contributed by atoms with E-state index in [0.29, 0.717) is 37.4 Å². The lowest BCUT2D eigenvalue weighted by Gasteiger charge is -2.35. The lowest BCUT2D eigenvalue weighted by Crippen LogP contribution is -2.51. The number of nitrogens with zero attached hydrogens (tertiary/aromatic N) is 2. The number of carbonyl (C=O) groups excluding carboxylic acids is 2. The summed E-state index contributed by atoms with van der Waals surface area (Å²) in [4.78, 5) is 26.6. The molecule has 28 heavy (non-hydrogen) atoms. The van der Waals surface area contributed by atoms with Crippen molar-refractivity contribution in [3.63, 3.8) is 0 Å². The molecule has 2 heterocycles. The zero-order valence-corrected chi connectivity index (χ0v) is 16.8. The molecule has 2 amide bonds. The van der Waals surface area contributed by atoms with E-state index in [2.05, 4.69) is 4.57 Å². The highest BCUT2D eigenvalue weighted by atomic mass is 16.5. The van der Waals surface area contributed by atoms with E-state index >= 15 is 0 Å². The first-order chi connectivity index (χ1) is 13.3. The third kappa shape index (κ3) is 3.69. The van der Waals surface area contributed by atoms with Crippen LogP contribution in [0.3, 0.4) is 0 Å². The Balaban J connectivity index is 1.83. The minimum atomic E-state index is -0.662. The van der Waals surface area contributed by atoms with Crippen LogP contribution >= 0.6 is 0 Å². The van der Waals surface area contributed by atoms with Gasteiger partial charge in [-0.3, -0.25) is 9.59 Å². The first kappa shape index (κ1) is 19.8. The van der Waals surface area contributed by atoms with Gasteiger partial charge in [-0.15, -0.1) is 0 Å². The van der Waals surface area contributed by atoms with Crippen molar-refractivity contribution in [2.45, 2.75) is 45.8 Å². The van der Waals surface area contributed by atoms with Crippen LogP contribution in [0.15, 0.2) is 24.3 Å². The summed E-state index contributed by atoms with van der Waals surface area (Å²) >= 11 is 0. The first-order valence-electron chi connectivity index (χ1n) is 9.31. The molecule has 3 rings (SSSR count). The Kier molecular flexibility index (Phi) is 5.63. The number of aromatic nitrogens is 1. The molecule has 1 aromatic carbocycles. The van der Waals surface area contributed by atoms with E-state index in [1.54, 1.807) is 19.1 Å². The standard InChI is InChI=1S/C21H27N3O4/c1-13-5-6-14(2)23(13)8-7-20(25)24-12-16-11-19(28-4)18(27-3)10-15(16)9-17(24)21(22)26/h5-6,10-11,17H,7-9,12H2,1-4H3,(H2,22,26). The second-order valence-corrected chi connectivity index (χ2v) is 7.14. The molecule has 0 radical (unpaired) electrons. The van der Waals surface area contributed by atoms with E-state index in [-0.39, 0.29) is 5.91 Å². The molecule has 1 aromatic heterocycles. The normalized spacial score (nSPS) is 15.9. The Morgan fingerprint density at radius 1 is 1.07 bits per heavy atom. The molecular formula is C21H27N3O4. The fourth-order valence-corrected chi connectivity index (χ4v) is 3.83. The summed E-state index contributed by atoms with van der Waals surface area (Å²) in [5.41, 5.74) is 9.73. The Morgan fingerprint density at radius 3 is 2.18 bits per heavy atom. The number of hydrogen-bond donors (Lipinski definition) is 1. The van der Waals surface area contributed by atoms with Gasteiger partial charge in [-0.1, -0.05) is 0 Å². The summed E-state index contributed by atoms with van der Waals surface area (Å²) in [5.74, 6) is 0.617. The molecule has 0 saturated carbocycles. The van der Waals surface area contributed by atoms with Crippen LogP contribution in [0.5, 0.6) is 11.5 Å². The van der Waals surface area contributed by atoms with Gasteiger partial charge in [0.1, 0.15) is 6.04 Å². The van der Waals surface area contributed by atoms with Gasteiger partial charge >= 0.3 is 0 Å². The number of carbonyl (C=O) groups is 2. The molecule has 0 fully saturated rings. The summed E-state index contributed by atoms with van der Waals surface area (Å²) in [5, 5.41) is 0. The molecule has 1 unspecified atom stereocenters. The molecular weight excluding hydrogens is 358 g/mol. The van der Waals surface area contributed by atoms with E-state index in [0.717, 1.165) is 22.5 Å². The number of primary amides is 1. The van der Waals surface area contributed by atoms with Crippen LogP contribution in [-0.2, 0) is 29.1 Å². The van der Waals surface area contributed by atoms with Crippen molar-refractivity contribution in [3.05, 3.63) is 46.8 Å². The maximum atomic E-state index is 13.0. The molecule has 1 aliphatic rings. The largest absolute Gasteiger partial charge is 0.493 e. The zero-order valence-electron chi connectivity index (χ0n) is 16.8. The Morgan fingerprint density at radius 2 is 1.64 bits per heavy atom. The first-order valence-corrected chi connectivity index (χ1v) is 9.31. The molecule has 1 atom stereocenters. The molecule has 0 spiro atoms. The van der Waals surface area contributed by atoms with Gasteiger partial charge in [-0.25, -0.2) is 0 Å². The number of methoxy groups -OCH3 is 2. The smallest absolute Gasteiger partial charge is 0.240 e. The second kappa shape index (κ2) is 7.96. The van der Waals surface area contributed by atoms with Crippen LogP contribution < -0.4 is 15.2 Å². The molecule has 0 saturated heterocycles. The topological polar surface area (TPSA) is 86.8 Å². The van der Waals surface area contributed by atoms with Gasteiger partial charge in [-0.05, 0) is 49.2 Å². The number of ether oxygens (including phenoxy) is 2. The van der Waals surface area contributed by atoms with Crippen molar-refractivity contribution in [3.8, 4) is 11.5 Å². The number of fused-ring (bicyclic) bond motifs is 1. The maximum Gasteiger partial charge on any atom is 0.240 e. The fraction of sp³-hybridized carbons (Fsp3) is 0.429. The summed E-state index contributed by atoms with van der Waals surface area (Å²) in [7, 11) is 3.14. The van der Waals surface area contributed by atoms with Crippen LogP contribution in [0.4, 0.5) is 0 Å². The molecule has 2 N–H and O–H groups in total. The van der Waals surface area contributed by atoms with Crippen LogP contribution in [0.1, 0.15) is 28.9 Å². The maximum absolute atomic E-state index is 13.0. The van der Waals surface area contributed by atoms with E-state index < -0.39 is 11.9 Å². The molecule has 0 bridgehead atoms. The zero-order chi connectivity index (χ0) is 20.4. The van der Waals surface area contributed by atoms with Crippen LogP contribution in [0.25, 0.3) is 0 Å². The summed E-state index contributed by atoms with van der Waals surface area (Å²) < 4.78 is 12.8. The average Bonchev–Trinajstić information content (AvgIpc) is 3.01. The van der Waals surface area contributed by atoms with Crippen molar-refractivity contribution in [1.29, 1.82) is 0 Å². The van der Waals surface area contributed by atoms with Crippen molar-refractivity contribution in [2.75, 3.05) is 14.2 Å². The van der Waals surface area contributed by atoms with Gasteiger partial charge in [0.2, 0.25) is 11.8 Å². The SMILES string of the molecule is COc1cc2c(cc1OC)CN(C(=O)CCn1c(C)ccc1C)C(C(N)=O)C2. The highest BCUT2D eigenvalue weighted by molar-refractivity contribution is 5.87. The number of hydrogen-bond acceptors (Lipinski definition) is 4. The lowest BCUT2D eigenvalue weighted by atomic mass is 9.92. The van der Waals surface area contributed by atoms with Gasteiger partial charge in [0.25, 0.3) is 0 Å². The highest BCUT2D eigenvalue weighted by Crippen LogP contribution is 2.35. The highest BCUT2D eigenvalue weighted by Gasteiger charge is 2.34. The van der Waals surface area contributed by atoms with Crippen LogP contribution in [0, 0.1) is 13.8 Å². The number of nitrogens with two attached hydrogens (primary N) is 1. The number of aryl methyl sites for hydroxylation is 2. The third-order valence-corrected chi connectivity index (χ3v) is 5.45. The quantitative estimate of drug-likeness (QED) is 0.823. The molecule has 1 aliphatic heterocycles. The predicted octanol–water partition coefficient (Wildman–Crippen LogP) is 1.95. The number of rotatable bonds is 6. The van der Waals surface area contributed by atoms with E-state index in [1.807, 2.05) is 38.1 Å². The monoisotopic (exact) mass is 385 g/mol. The van der Waals surface area contributed by atoms with E-state index in [4.69, 9.17) is 15.2 Å². The average molecular weight is 385 g/mol. The minimum Gasteiger partial charge on any atom is -0.493 e. The molecule has 150 valence electrons. The van der Waals surface area contributed by atoms with Crippen molar-refractivity contribution in [1.82, 2.24) is 9.47 Å². The second-order valence-electron chi connectivity index (χ2n) is 7.14. The summed E-state index contributed by atoms with van der Waals surface area (Å²) in [6.07, 6.45) is 0.682. The van der Waals surface area contributed by atoms with Crippen LogP contribution in [0.2, 0.25) is 0 Å². The molecule has 7 nitrogen and oxygen atoms in total. The van der Waals surface area contributed by atoms with Crippen LogP contribution in [-0.4, -0.2) is 41.5 Å². The Hall–Kier alpha value is -2.96. The molecule has 2 aromatic rings. The van der Waals surface area contributed by atoms with Gasteiger partial charge in [-0.2, -0.15) is 0 Å². The lowest BCUT2D eigenvalue weighted by molar-refractivity contribution is -0.140. The summed E-state index contributed by atoms with van der Waals surface area (Å²) in [6, 6.07) is 7.13. The fourth-order valence-electron chi connectivity index (χ4n) is 3.83. The van der Waals surface area contributed by atoms with E-state index in [9.17, 15) is 9.59 Å². The van der Waals surface area contributed by atoms with E-state index in [1.165, 1.54) is 0 Å². The molecule has 0 aliphatic carbocycles. The van der Waals surface area contributed by atoms with Gasteiger partial charge in [0, 0.05) is 37.3 Å². The number of amides is 2. The van der Waals surface area contributed by atoms with Gasteiger partial charge in [0.05, 0.1) is 14.2 Å². The van der Waals surface area contributed by atoms with Crippen molar-refractivity contribution < 1.29 is 19.1 Å². The minimum absolute atomic E-state index is 0.0864. The Bertz CT molecular complexity index is 884.